The van der Waals surface area contributed by atoms with Gasteiger partial charge in [-0.2, -0.15) is 0 Å². The zero-order valence-corrected chi connectivity index (χ0v) is 13.4. The third-order valence-electron chi connectivity index (χ3n) is 3.20. The predicted octanol–water partition coefficient (Wildman–Crippen LogP) is 0.791. The van der Waals surface area contributed by atoms with Crippen LogP contribution < -0.4 is 5.32 Å². The zero-order chi connectivity index (χ0) is 15.7. The topological polar surface area (TPSA) is 58.2 Å². The van der Waals surface area contributed by atoms with Gasteiger partial charge in [0.25, 0.3) is 0 Å². The molecule has 0 aromatic rings. The molecule has 0 atom stereocenters. The van der Waals surface area contributed by atoms with Gasteiger partial charge in [0, 0.05) is 0 Å². The van der Waals surface area contributed by atoms with Crippen molar-refractivity contribution in [2.75, 3.05) is 79.2 Å². The van der Waals surface area contributed by atoms with Crippen LogP contribution in [-0.2, 0) is 23.7 Å². The minimum absolute atomic E-state index is 0.137. The van der Waals surface area contributed by atoms with Crippen LogP contribution in [0.25, 0.3) is 0 Å². The minimum Gasteiger partial charge on any atom is -0.377 e. The molecule has 0 aliphatic carbocycles. The summed E-state index contributed by atoms with van der Waals surface area (Å²) >= 11 is 0. The van der Waals surface area contributed by atoms with E-state index in [2.05, 4.69) is 5.32 Å². The number of ether oxygens (including phenoxy) is 5. The maximum atomic E-state index is 11.7. The first-order valence-corrected chi connectivity index (χ1v) is 8.12. The van der Waals surface area contributed by atoms with E-state index < -0.39 is 6.67 Å². The Bertz CT molecular complexity index is 230. The molecule has 1 aliphatic rings. The summed E-state index contributed by atoms with van der Waals surface area (Å²) in [6.07, 6.45) is 2.55. The fourth-order valence-corrected chi connectivity index (χ4v) is 2.05. The summed E-state index contributed by atoms with van der Waals surface area (Å²) < 4.78 is 38.4. The monoisotopic (exact) mass is 323 g/mol. The molecule has 0 spiro atoms. The van der Waals surface area contributed by atoms with Crippen LogP contribution in [0.3, 0.4) is 0 Å². The van der Waals surface area contributed by atoms with Crippen molar-refractivity contribution >= 4 is 0 Å². The van der Waals surface area contributed by atoms with Crippen LogP contribution in [0.4, 0.5) is 4.39 Å². The number of hydrogen-bond donors (Lipinski definition) is 1. The molecule has 7 heteroatoms. The first-order valence-electron chi connectivity index (χ1n) is 8.12. The number of piperidine rings is 1. The van der Waals surface area contributed by atoms with Gasteiger partial charge in [0.05, 0.1) is 65.6 Å². The molecule has 132 valence electrons. The van der Waals surface area contributed by atoms with E-state index in [0.717, 1.165) is 25.9 Å². The van der Waals surface area contributed by atoms with Crippen molar-refractivity contribution in [1.82, 2.24) is 5.32 Å². The van der Waals surface area contributed by atoms with Crippen LogP contribution in [0.1, 0.15) is 12.8 Å². The minimum atomic E-state index is -0.452. The molecular weight excluding hydrogens is 293 g/mol. The predicted molar refractivity (Wildman–Crippen MR) is 81.1 cm³/mol. The van der Waals surface area contributed by atoms with Crippen molar-refractivity contribution in [3.05, 3.63) is 0 Å². The molecule has 1 saturated heterocycles. The van der Waals surface area contributed by atoms with E-state index in [0.29, 0.717) is 59.0 Å². The van der Waals surface area contributed by atoms with Gasteiger partial charge in [-0.3, -0.25) is 0 Å². The maximum Gasteiger partial charge on any atom is 0.113 e. The molecule has 0 unspecified atom stereocenters. The van der Waals surface area contributed by atoms with Gasteiger partial charge in [0.1, 0.15) is 6.67 Å². The highest BCUT2D eigenvalue weighted by Gasteiger charge is 2.12. The smallest absolute Gasteiger partial charge is 0.113 e. The van der Waals surface area contributed by atoms with Crippen molar-refractivity contribution < 1.29 is 28.1 Å². The van der Waals surface area contributed by atoms with Gasteiger partial charge in [-0.05, 0) is 25.9 Å². The number of halogens is 1. The van der Waals surface area contributed by atoms with Crippen molar-refractivity contribution in [3.63, 3.8) is 0 Å². The summed E-state index contributed by atoms with van der Waals surface area (Å²) in [5.74, 6) is 0. The Morgan fingerprint density at radius 1 is 0.682 bits per heavy atom. The fourth-order valence-electron chi connectivity index (χ4n) is 2.05. The Morgan fingerprint density at radius 2 is 1.14 bits per heavy atom. The highest BCUT2D eigenvalue weighted by Crippen LogP contribution is 2.06. The summed E-state index contributed by atoms with van der Waals surface area (Å²) in [5, 5.41) is 3.31. The Hall–Kier alpha value is -0.310. The summed E-state index contributed by atoms with van der Waals surface area (Å²) in [6, 6.07) is 0. The average Bonchev–Trinajstić information content (AvgIpc) is 2.56. The molecule has 0 bridgehead atoms. The van der Waals surface area contributed by atoms with E-state index >= 15 is 0 Å². The van der Waals surface area contributed by atoms with E-state index in [9.17, 15) is 4.39 Å². The quantitative estimate of drug-likeness (QED) is 0.450. The standard InChI is InChI=1S/C15H30FNO5/c16-3-6-18-7-8-19-9-10-20-11-12-21-13-14-22-15-1-4-17-5-2-15/h15,17H,1-14H2. The molecule has 1 N–H and O–H groups in total. The lowest BCUT2D eigenvalue weighted by Crippen LogP contribution is -2.33. The van der Waals surface area contributed by atoms with E-state index in [1.54, 1.807) is 0 Å². The van der Waals surface area contributed by atoms with E-state index in [1.807, 2.05) is 0 Å². The molecule has 6 nitrogen and oxygen atoms in total. The largest absolute Gasteiger partial charge is 0.377 e. The van der Waals surface area contributed by atoms with Crippen LogP contribution in [0.15, 0.2) is 0 Å². The molecule has 0 saturated carbocycles. The van der Waals surface area contributed by atoms with Gasteiger partial charge in [0.2, 0.25) is 0 Å². The zero-order valence-electron chi connectivity index (χ0n) is 13.4. The Labute approximate surface area is 132 Å². The molecule has 0 radical (unpaired) electrons. The van der Waals surface area contributed by atoms with Gasteiger partial charge in [0.15, 0.2) is 0 Å². The average molecular weight is 323 g/mol. The Balaban J connectivity index is 1.68. The molecule has 0 aromatic carbocycles. The molecule has 1 heterocycles. The van der Waals surface area contributed by atoms with Crippen molar-refractivity contribution in [2.24, 2.45) is 0 Å². The molecule has 0 amide bonds. The second-order valence-electron chi connectivity index (χ2n) is 4.96. The van der Waals surface area contributed by atoms with E-state index in [1.165, 1.54) is 0 Å². The van der Waals surface area contributed by atoms with Crippen LogP contribution in [0.2, 0.25) is 0 Å². The second kappa shape index (κ2) is 15.6. The maximum absolute atomic E-state index is 11.7. The van der Waals surface area contributed by atoms with Crippen LogP contribution in [-0.4, -0.2) is 85.3 Å². The normalized spacial score (nSPS) is 16.2. The Morgan fingerprint density at radius 3 is 1.64 bits per heavy atom. The molecule has 1 aliphatic heterocycles. The fraction of sp³-hybridized carbons (Fsp3) is 1.00. The van der Waals surface area contributed by atoms with Crippen LogP contribution in [0.5, 0.6) is 0 Å². The summed E-state index contributed by atoms with van der Waals surface area (Å²) in [6.45, 7) is 6.07. The van der Waals surface area contributed by atoms with Crippen molar-refractivity contribution in [3.8, 4) is 0 Å². The van der Waals surface area contributed by atoms with Gasteiger partial charge in [-0.25, -0.2) is 4.39 Å². The molecular formula is C15H30FNO5. The van der Waals surface area contributed by atoms with E-state index in [4.69, 9.17) is 23.7 Å². The first-order chi connectivity index (χ1) is 10.9. The molecule has 1 fully saturated rings. The van der Waals surface area contributed by atoms with E-state index in [-0.39, 0.29) is 6.61 Å². The Kier molecular flexibility index (Phi) is 14.0. The third-order valence-corrected chi connectivity index (χ3v) is 3.20. The number of nitrogens with one attached hydrogen (secondary N) is 1. The van der Waals surface area contributed by atoms with Crippen molar-refractivity contribution in [1.29, 1.82) is 0 Å². The van der Waals surface area contributed by atoms with Crippen LogP contribution in [0, 0.1) is 0 Å². The first kappa shape index (κ1) is 19.7. The summed E-state index contributed by atoms with van der Waals surface area (Å²) in [7, 11) is 0. The lowest BCUT2D eigenvalue weighted by atomic mass is 10.1. The van der Waals surface area contributed by atoms with Gasteiger partial charge >= 0.3 is 0 Å². The summed E-state index contributed by atoms with van der Waals surface area (Å²) in [5.41, 5.74) is 0. The molecule has 22 heavy (non-hydrogen) atoms. The molecule has 1 rings (SSSR count). The highest BCUT2D eigenvalue weighted by molar-refractivity contribution is 4.67. The third kappa shape index (κ3) is 12.3. The van der Waals surface area contributed by atoms with Gasteiger partial charge < -0.3 is 29.0 Å². The van der Waals surface area contributed by atoms with Gasteiger partial charge in [-0.15, -0.1) is 0 Å². The highest BCUT2D eigenvalue weighted by atomic mass is 19.1. The number of rotatable bonds is 15. The SMILES string of the molecule is FCCOCCOCCOCCOCCOC1CCNCC1. The van der Waals surface area contributed by atoms with Crippen LogP contribution >= 0.6 is 0 Å². The molecule has 0 aromatic heterocycles. The number of alkyl halides is 1. The summed E-state index contributed by atoms with van der Waals surface area (Å²) in [4.78, 5) is 0. The van der Waals surface area contributed by atoms with Gasteiger partial charge in [-0.1, -0.05) is 0 Å². The lowest BCUT2D eigenvalue weighted by molar-refractivity contribution is -0.0281. The second-order valence-corrected chi connectivity index (χ2v) is 4.96. The van der Waals surface area contributed by atoms with Crippen molar-refractivity contribution in [2.45, 2.75) is 18.9 Å². The lowest BCUT2D eigenvalue weighted by Gasteiger charge is -2.22. The number of hydrogen-bond acceptors (Lipinski definition) is 6.